The SMILES string of the molecule is CCC(CNC)C1(C(C)(C)C)COC1. The minimum atomic E-state index is 0.350. The molecule has 1 heterocycles. The van der Waals surface area contributed by atoms with Gasteiger partial charge >= 0.3 is 0 Å². The van der Waals surface area contributed by atoms with Crippen molar-refractivity contribution in [2.24, 2.45) is 16.7 Å². The second-order valence-corrected chi connectivity index (χ2v) is 5.56. The predicted molar refractivity (Wildman–Crippen MR) is 60.4 cm³/mol. The third kappa shape index (κ3) is 1.82. The molecular formula is C12H25NO. The lowest BCUT2D eigenvalue weighted by atomic mass is 9.57. The summed E-state index contributed by atoms with van der Waals surface area (Å²) < 4.78 is 5.47. The van der Waals surface area contributed by atoms with Gasteiger partial charge < -0.3 is 10.1 Å². The van der Waals surface area contributed by atoms with Crippen LogP contribution in [0.4, 0.5) is 0 Å². The zero-order chi connectivity index (χ0) is 10.8. The van der Waals surface area contributed by atoms with Crippen LogP contribution in [0, 0.1) is 16.7 Å². The van der Waals surface area contributed by atoms with Crippen molar-refractivity contribution in [3.05, 3.63) is 0 Å². The van der Waals surface area contributed by atoms with Gasteiger partial charge in [0.2, 0.25) is 0 Å². The van der Waals surface area contributed by atoms with E-state index < -0.39 is 0 Å². The lowest BCUT2D eigenvalue weighted by molar-refractivity contribution is -0.201. The molecule has 1 atom stereocenters. The van der Waals surface area contributed by atoms with E-state index in [9.17, 15) is 0 Å². The van der Waals surface area contributed by atoms with Crippen LogP contribution in [-0.2, 0) is 4.74 Å². The predicted octanol–water partition coefficient (Wildman–Crippen LogP) is 2.29. The first-order chi connectivity index (χ1) is 6.48. The van der Waals surface area contributed by atoms with Crippen molar-refractivity contribution >= 4 is 0 Å². The largest absolute Gasteiger partial charge is 0.380 e. The Morgan fingerprint density at radius 2 is 1.93 bits per heavy atom. The first kappa shape index (κ1) is 12.0. The molecule has 1 N–H and O–H groups in total. The Bertz CT molecular complexity index is 179. The van der Waals surface area contributed by atoms with Crippen LogP contribution in [0.1, 0.15) is 34.1 Å². The van der Waals surface area contributed by atoms with E-state index in [4.69, 9.17) is 4.74 Å². The van der Waals surface area contributed by atoms with E-state index in [0.29, 0.717) is 10.8 Å². The summed E-state index contributed by atoms with van der Waals surface area (Å²) >= 11 is 0. The van der Waals surface area contributed by atoms with Gasteiger partial charge in [0.25, 0.3) is 0 Å². The molecule has 1 unspecified atom stereocenters. The van der Waals surface area contributed by atoms with Crippen LogP contribution in [0.3, 0.4) is 0 Å². The van der Waals surface area contributed by atoms with Crippen LogP contribution in [0.5, 0.6) is 0 Å². The van der Waals surface area contributed by atoms with Crippen LogP contribution < -0.4 is 5.32 Å². The third-order valence-electron chi connectivity index (χ3n) is 3.94. The minimum Gasteiger partial charge on any atom is -0.380 e. The van der Waals surface area contributed by atoms with E-state index >= 15 is 0 Å². The van der Waals surface area contributed by atoms with Gasteiger partial charge in [-0.15, -0.1) is 0 Å². The van der Waals surface area contributed by atoms with Crippen molar-refractivity contribution in [1.82, 2.24) is 5.32 Å². The third-order valence-corrected chi connectivity index (χ3v) is 3.94. The van der Waals surface area contributed by atoms with E-state index in [0.717, 1.165) is 25.7 Å². The molecule has 84 valence electrons. The monoisotopic (exact) mass is 199 g/mol. The van der Waals surface area contributed by atoms with Gasteiger partial charge in [-0.3, -0.25) is 0 Å². The molecular weight excluding hydrogens is 174 g/mol. The zero-order valence-electron chi connectivity index (χ0n) is 10.3. The molecule has 0 radical (unpaired) electrons. The number of rotatable bonds is 4. The first-order valence-electron chi connectivity index (χ1n) is 5.70. The lowest BCUT2D eigenvalue weighted by Gasteiger charge is -2.55. The molecule has 0 bridgehead atoms. The van der Waals surface area contributed by atoms with Gasteiger partial charge in [-0.25, -0.2) is 0 Å². The van der Waals surface area contributed by atoms with Crippen molar-refractivity contribution < 1.29 is 4.74 Å². The fourth-order valence-corrected chi connectivity index (χ4v) is 2.58. The molecule has 14 heavy (non-hydrogen) atoms. The van der Waals surface area contributed by atoms with Gasteiger partial charge in [-0.1, -0.05) is 34.1 Å². The molecule has 0 aromatic heterocycles. The van der Waals surface area contributed by atoms with E-state index in [2.05, 4.69) is 33.0 Å². The van der Waals surface area contributed by atoms with Crippen molar-refractivity contribution in [2.75, 3.05) is 26.8 Å². The molecule has 1 aliphatic heterocycles. The number of hydrogen-bond acceptors (Lipinski definition) is 2. The van der Waals surface area contributed by atoms with E-state index in [-0.39, 0.29) is 0 Å². The van der Waals surface area contributed by atoms with Gasteiger partial charge in [0.05, 0.1) is 13.2 Å². The molecule has 0 amide bonds. The molecule has 1 saturated heterocycles. The number of hydrogen-bond donors (Lipinski definition) is 1. The molecule has 1 fully saturated rings. The molecule has 0 aromatic carbocycles. The molecule has 0 saturated carbocycles. The summed E-state index contributed by atoms with van der Waals surface area (Å²) in [6, 6.07) is 0. The maximum Gasteiger partial charge on any atom is 0.0553 e. The Balaban J connectivity index is 2.77. The summed E-state index contributed by atoms with van der Waals surface area (Å²) in [5, 5.41) is 3.31. The second-order valence-electron chi connectivity index (χ2n) is 5.56. The van der Waals surface area contributed by atoms with Crippen molar-refractivity contribution in [2.45, 2.75) is 34.1 Å². The average molecular weight is 199 g/mol. The Morgan fingerprint density at radius 1 is 1.36 bits per heavy atom. The first-order valence-corrected chi connectivity index (χ1v) is 5.70. The smallest absolute Gasteiger partial charge is 0.0553 e. The van der Waals surface area contributed by atoms with Gasteiger partial charge in [0.1, 0.15) is 0 Å². The maximum absolute atomic E-state index is 5.47. The maximum atomic E-state index is 5.47. The fraction of sp³-hybridized carbons (Fsp3) is 1.00. The Labute approximate surface area is 88.4 Å². The van der Waals surface area contributed by atoms with Crippen LogP contribution in [0.2, 0.25) is 0 Å². The normalized spacial score (nSPS) is 22.9. The van der Waals surface area contributed by atoms with E-state index in [1.165, 1.54) is 6.42 Å². The quantitative estimate of drug-likeness (QED) is 0.750. The van der Waals surface area contributed by atoms with Crippen LogP contribution in [0.25, 0.3) is 0 Å². The molecule has 0 aliphatic carbocycles. The summed E-state index contributed by atoms with van der Waals surface area (Å²) in [5.74, 6) is 0.737. The molecule has 2 nitrogen and oxygen atoms in total. The zero-order valence-corrected chi connectivity index (χ0v) is 10.3. The Morgan fingerprint density at radius 3 is 2.14 bits per heavy atom. The van der Waals surface area contributed by atoms with Gasteiger partial charge in [0.15, 0.2) is 0 Å². The highest BCUT2D eigenvalue weighted by molar-refractivity contribution is 5.00. The van der Waals surface area contributed by atoms with E-state index in [1.807, 2.05) is 7.05 Å². The molecule has 2 heteroatoms. The standard InChI is InChI=1S/C12H25NO/c1-6-10(7-13-5)12(8-14-9-12)11(2,3)4/h10,13H,6-9H2,1-5H3. The highest BCUT2D eigenvalue weighted by atomic mass is 16.5. The Kier molecular flexibility index (Phi) is 3.59. The van der Waals surface area contributed by atoms with E-state index in [1.54, 1.807) is 0 Å². The Hall–Kier alpha value is -0.0800. The summed E-state index contributed by atoms with van der Waals surface area (Å²) in [6.45, 7) is 12.3. The van der Waals surface area contributed by atoms with Crippen LogP contribution >= 0.6 is 0 Å². The lowest BCUT2D eigenvalue weighted by Crippen LogP contribution is -2.58. The van der Waals surface area contributed by atoms with Gasteiger partial charge in [-0.05, 0) is 24.9 Å². The van der Waals surface area contributed by atoms with Crippen molar-refractivity contribution in [1.29, 1.82) is 0 Å². The number of ether oxygens (including phenoxy) is 1. The van der Waals surface area contributed by atoms with Crippen LogP contribution in [0.15, 0.2) is 0 Å². The highest BCUT2D eigenvalue weighted by Crippen LogP contribution is 2.51. The summed E-state index contributed by atoms with van der Waals surface area (Å²) in [6.07, 6.45) is 1.24. The fourth-order valence-electron chi connectivity index (χ4n) is 2.58. The molecule has 0 aromatic rings. The van der Waals surface area contributed by atoms with Gasteiger partial charge in [0, 0.05) is 5.41 Å². The molecule has 1 aliphatic rings. The highest BCUT2D eigenvalue weighted by Gasteiger charge is 2.52. The number of nitrogens with one attached hydrogen (secondary N) is 1. The summed E-state index contributed by atoms with van der Waals surface area (Å²) in [4.78, 5) is 0. The molecule has 1 rings (SSSR count). The van der Waals surface area contributed by atoms with Gasteiger partial charge in [-0.2, -0.15) is 0 Å². The second kappa shape index (κ2) is 4.19. The molecule has 0 spiro atoms. The van der Waals surface area contributed by atoms with Crippen LogP contribution in [-0.4, -0.2) is 26.8 Å². The average Bonchev–Trinajstić information content (AvgIpc) is 1.98. The van der Waals surface area contributed by atoms with Crippen molar-refractivity contribution in [3.8, 4) is 0 Å². The topological polar surface area (TPSA) is 21.3 Å². The minimum absolute atomic E-state index is 0.350. The van der Waals surface area contributed by atoms with Crippen molar-refractivity contribution in [3.63, 3.8) is 0 Å². The summed E-state index contributed by atoms with van der Waals surface area (Å²) in [7, 11) is 2.04. The summed E-state index contributed by atoms with van der Waals surface area (Å²) in [5.41, 5.74) is 0.744.